The third-order valence-electron chi connectivity index (χ3n) is 2.91. The van der Waals surface area contributed by atoms with E-state index >= 15 is 0 Å². The van der Waals surface area contributed by atoms with Gasteiger partial charge >= 0.3 is 0 Å². The number of hydrogen-bond donors (Lipinski definition) is 1. The molecule has 98 valence electrons. The minimum Gasteiger partial charge on any atom is -0.395 e. The summed E-state index contributed by atoms with van der Waals surface area (Å²) < 4.78 is 15.1. The van der Waals surface area contributed by atoms with Crippen LogP contribution in [-0.4, -0.2) is 34.9 Å². The van der Waals surface area contributed by atoms with Crippen molar-refractivity contribution in [2.45, 2.75) is 19.9 Å². The maximum absolute atomic E-state index is 13.2. The van der Waals surface area contributed by atoms with E-state index in [9.17, 15) is 4.39 Å². The number of aliphatic hydroxyl groups excluding tert-OH is 1. The van der Waals surface area contributed by atoms with Crippen LogP contribution in [0.4, 0.5) is 10.3 Å². The van der Waals surface area contributed by atoms with Gasteiger partial charge in [-0.15, -0.1) is 0 Å². The Hall–Kier alpha value is -1.62. The lowest BCUT2D eigenvalue weighted by Crippen LogP contribution is -2.22. The van der Waals surface area contributed by atoms with Crippen molar-refractivity contribution in [3.05, 3.63) is 24.0 Å². The van der Waals surface area contributed by atoms with Crippen molar-refractivity contribution >= 4 is 17.0 Å². The number of rotatable bonds is 5. The molecule has 0 aliphatic heterocycles. The zero-order valence-electron chi connectivity index (χ0n) is 10.7. The van der Waals surface area contributed by atoms with Gasteiger partial charge in [0.25, 0.3) is 0 Å². The molecule has 1 heterocycles. The fourth-order valence-corrected chi connectivity index (χ4v) is 2.14. The molecule has 0 atom stereocenters. The first-order valence-electron chi connectivity index (χ1n) is 6.15. The van der Waals surface area contributed by atoms with E-state index in [1.165, 1.54) is 12.1 Å². The largest absolute Gasteiger partial charge is 0.395 e. The zero-order valence-corrected chi connectivity index (χ0v) is 10.7. The van der Waals surface area contributed by atoms with Gasteiger partial charge in [0.15, 0.2) is 0 Å². The van der Waals surface area contributed by atoms with Gasteiger partial charge in [0.2, 0.25) is 5.95 Å². The summed E-state index contributed by atoms with van der Waals surface area (Å²) in [6.45, 7) is 3.47. The van der Waals surface area contributed by atoms with Gasteiger partial charge in [0.1, 0.15) is 5.82 Å². The molecule has 0 bridgehead atoms. The summed E-state index contributed by atoms with van der Waals surface area (Å²) >= 11 is 0. The number of aromatic nitrogens is 2. The first kappa shape index (κ1) is 12.8. The summed E-state index contributed by atoms with van der Waals surface area (Å²) in [4.78, 5) is 6.47. The maximum Gasteiger partial charge on any atom is 0.206 e. The van der Waals surface area contributed by atoms with Crippen LogP contribution in [0.2, 0.25) is 0 Å². The highest BCUT2D eigenvalue weighted by molar-refractivity contribution is 5.79. The number of fused-ring (bicyclic) bond motifs is 1. The van der Waals surface area contributed by atoms with E-state index in [0.717, 1.165) is 24.4 Å². The molecule has 1 N–H and O–H groups in total. The van der Waals surface area contributed by atoms with Crippen LogP contribution in [0, 0.1) is 5.82 Å². The predicted octanol–water partition coefficient (Wildman–Crippen LogP) is 2.01. The zero-order chi connectivity index (χ0) is 13.1. The molecule has 0 aliphatic carbocycles. The van der Waals surface area contributed by atoms with Gasteiger partial charge in [-0.05, 0) is 18.6 Å². The van der Waals surface area contributed by atoms with Gasteiger partial charge in [-0.1, -0.05) is 6.92 Å². The lowest BCUT2D eigenvalue weighted by atomic mass is 10.3. The molecule has 2 rings (SSSR count). The highest BCUT2D eigenvalue weighted by Gasteiger charge is 2.13. The molecule has 4 nitrogen and oxygen atoms in total. The van der Waals surface area contributed by atoms with Crippen LogP contribution in [0.25, 0.3) is 11.0 Å². The van der Waals surface area contributed by atoms with E-state index in [1.54, 1.807) is 6.07 Å². The summed E-state index contributed by atoms with van der Waals surface area (Å²) in [5, 5.41) is 9.15. The van der Waals surface area contributed by atoms with Crippen LogP contribution in [0.3, 0.4) is 0 Å². The van der Waals surface area contributed by atoms with Gasteiger partial charge in [-0.2, -0.15) is 0 Å². The molecular weight excluding hydrogens is 233 g/mol. The number of anilines is 1. The smallest absolute Gasteiger partial charge is 0.206 e. The Morgan fingerprint density at radius 2 is 2.22 bits per heavy atom. The normalized spacial score (nSPS) is 11.1. The van der Waals surface area contributed by atoms with Crippen LogP contribution in [0.5, 0.6) is 0 Å². The van der Waals surface area contributed by atoms with Gasteiger partial charge < -0.3 is 14.6 Å². The quantitative estimate of drug-likeness (QED) is 0.884. The minimum absolute atomic E-state index is 0.0375. The lowest BCUT2D eigenvalue weighted by Gasteiger charge is -2.18. The van der Waals surface area contributed by atoms with Crippen molar-refractivity contribution < 1.29 is 9.50 Å². The number of halogens is 1. The first-order valence-corrected chi connectivity index (χ1v) is 6.15. The maximum atomic E-state index is 13.2. The molecule has 0 unspecified atom stereocenters. The molecular formula is C13H18FN3O. The Bertz CT molecular complexity index is 538. The number of imidazole rings is 1. The Balaban J connectivity index is 2.53. The van der Waals surface area contributed by atoms with Crippen molar-refractivity contribution in [2.24, 2.45) is 0 Å². The average Bonchev–Trinajstić information content (AvgIpc) is 2.68. The van der Waals surface area contributed by atoms with E-state index in [4.69, 9.17) is 5.11 Å². The molecule has 1 aromatic heterocycles. The highest BCUT2D eigenvalue weighted by Crippen LogP contribution is 2.22. The van der Waals surface area contributed by atoms with E-state index in [1.807, 2.05) is 16.5 Å². The number of aliphatic hydroxyl groups is 1. The van der Waals surface area contributed by atoms with Crippen LogP contribution < -0.4 is 4.90 Å². The third-order valence-corrected chi connectivity index (χ3v) is 2.91. The molecule has 0 saturated heterocycles. The molecule has 0 aliphatic rings. The molecule has 0 radical (unpaired) electrons. The van der Waals surface area contributed by atoms with E-state index in [-0.39, 0.29) is 12.4 Å². The molecule has 0 fully saturated rings. The van der Waals surface area contributed by atoms with Crippen LogP contribution in [0.15, 0.2) is 18.2 Å². The third kappa shape index (κ3) is 2.31. The van der Waals surface area contributed by atoms with Crippen molar-refractivity contribution in [3.63, 3.8) is 0 Å². The Kier molecular flexibility index (Phi) is 3.81. The molecule has 5 heteroatoms. The highest BCUT2D eigenvalue weighted by atomic mass is 19.1. The van der Waals surface area contributed by atoms with Crippen LogP contribution in [0.1, 0.15) is 13.3 Å². The Morgan fingerprint density at radius 3 is 2.89 bits per heavy atom. The van der Waals surface area contributed by atoms with Crippen molar-refractivity contribution in [2.75, 3.05) is 25.1 Å². The van der Waals surface area contributed by atoms with Crippen molar-refractivity contribution in [1.82, 2.24) is 9.55 Å². The van der Waals surface area contributed by atoms with Crippen LogP contribution in [-0.2, 0) is 6.54 Å². The van der Waals surface area contributed by atoms with Gasteiger partial charge in [-0.25, -0.2) is 9.37 Å². The molecule has 0 amide bonds. The topological polar surface area (TPSA) is 41.3 Å². The molecule has 0 saturated carbocycles. The van der Waals surface area contributed by atoms with Crippen LogP contribution >= 0.6 is 0 Å². The Morgan fingerprint density at radius 1 is 1.44 bits per heavy atom. The van der Waals surface area contributed by atoms with Gasteiger partial charge in [0.05, 0.1) is 17.6 Å². The Labute approximate surface area is 106 Å². The molecule has 2 aromatic rings. The SMILES string of the molecule is CCCN(C)c1nc2cc(F)ccc2n1CCO. The van der Waals surface area contributed by atoms with E-state index in [0.29, 0.717) is 12.1 Å². The summed E-state index contributed by atoms with van der Waals surface area (Å²) in [6.07, 6.45) is 1.01. The molecule has 1 aromatic carbocycles. The van der Waals surface area contributed by atoms with Crippen molar-refractivity contribution in [3.8, 4) is 0 Å². The summed E-state index contributed by atoms with van der Waals surface area (Å²) in [5.74, 6) is 0.479. The molecule has 0 spiro atoms. The summed E-state index contributed by atoms with van der Waals surface area (Å²) in [6, 6.07) is 4.55. The number of benzene rings is 1. The van der Waals surface area contributed by atoms with E-state index < -0.39 is 0 Å². The average molecular weight is 251 g/mol. The fourth-order valence-electron chi connectivity index (χ4n) is 2.14. The number of nitrogens with zero attached hydrogens (tertiary/aromatic N) is 3. The predicted molar refractivity (Wildman–Crippen MR) is 70.3 cm³/mol. The first-order chi connectivity index (χ1) is 8.67. The van der Waals surface area contributed by atoms with E-state index in [2.05, 4.69) is 11.9 Å². The van der Waals surface area contributed by atoms with Gasteiger partial charge in [-0.3, -0.25) is 0 Å². The van der Waals surface area contributed by atoms with Crippen molar-refractivity contribution in [1.29, 1.82) is 0 Å². The second kappa shape index (κ2) is 5.35. The fraction of sp³-hybridized carbons (Fsp3) is 0.462. The molecule has 18 heavy (non-hydrogen) atoms. The van der Waals surface area contributed by atoms with Gasteiger partial charge in [0, 0.05) is 26.2 Å². The second-order valence-corrected chi connectivity index (χ2v) is 4.34. The summed E-state index contributed by atoms with van der Waals surface area (Å²) in [5.41, 5.74) is 1.48. The lowest BCUT2D eigenvalue weighted by molar-refractivity contribution is 0.278. The standard InChI is InChI=1S/C13H18FN3O/c1-3-6-16(2)13-15-11-9-10(14)4-5-12(11)17(13)7-8-18/h4-5,9,18H,3,6-8H2,1-2H3. The summed E-state index contributed by atoms with van der Waals surface area (Å²) in [7, 11) is 1.95. The number of hydrogen-bond acceptors (Lipinski definition) is 3. The second-order valence-electron chi connectivity index (χ2n) is 4.34. The minimum atomic E-state index is -0.291. The monoisotopic (exact) mass is 251 g/mol.